The molecule has 3 amide bonds. The predicted molar refractivity (Wildman–Crippen MR) is 79.0 cm³/mol. The molecule has 0 saturated carbocycles. The Kier molecular flexibility index (Phi) is 4.84. The van der Waals surface area contributed by atoms with Crippen LogP contribution in [0.2, 0.25) is 5.02 Å². The number of halogens is 1. The fourth-order valence-electron chi connectivity index (χ4n) is 2.08. The molecule has 5 nitrogen and oxygen atoms in total. The average molecular weight is 296 g/mol. The number of aryl methyl sites for hydroxylation is 1. The Morgan fingerprint density at radius 2 is 2.00 bits per heavy atom. The molecule has 1 aliphatic rings. The molecule has 6 heteroatoms. The summed E-state index contributed by atoms with van der Waals surface area (Å²) in [6, 6.07) is 4.87. The molecule has 1 saturated heterocycles. The second kappa shape index (κ2) is 6.61. The summed E-state index contributed by atoms with van der Waals surface area (Å²) >= 11 is 5.98. The van der Waals surface area contributed by atoms with E-state index in [1.54, 1.807) is 17.0 Å². The van der Waals surface area contributed by atoms with Crippen LogP contribution in [-0.4, -0.2) is 36.5 Å². The Hall–Kier alpha value is -1.75. The molecule has 0 spiro atoms. The molecule has 0 aliphatic carbocycles. The number of nitrogens with one attached hydrogen (secondary N) is 2. The third-order valence-corrected chi connectivity index (χ3v) is 3.70. The van der Waals surface area contributed by atoms with Gasteiger partial charge in [-0.15, -0.1) is 0 Å². The largest absolute Gasteiger partial charge is 0.341 e. The third kappa shape index (κ3) is 3.87. The molecule has 0 aromatic heterocycles. The topological polar surface area (TPSA) is 61.4 Å². The molecule has 20 heavy (non-hydrogen) atoms. The Balaban J connectivity index is 1.80. The van der Waals surface area contributed by atoms with Crippen LogP contribution in [0.4, 0.5) is 10.5 Å². The summed E-state index contributed by atoms with van der Waals surface area (Å²) in [7, 11) is 0. The Bertz CT molecular complexity index is 513. The number of nitrogens with zero attached hydrogens (tertiary/aromatic N) is 1. The molecule has 0 atom stereocenters. The van der Waals surface area contributed by atoms with Crippen LogP contribution in [0.15, 0.2) is 18.2 Å². The van der Waals surface area contributed by atoms with Gasteiger partial charge in [-0.2, -0.15) is 0 Å². The first kappa shape index (κ1) is 14.7. The van der Waals surface area contributed by atoms with Crippen LogP contribution in [0.5, 0.6) is 0 Å². The quantitative estimate of drug-likeness (QED) is 0.899. The van der Waals surface area contributed by atoms with E-state index in [2.05, 4.69) is 10.6 Å². The van der Waals surface area contributed by atoms with Crippen LogP contribution < -0.4 is 10.6 Å². The second-order valence-electron chi connectivity index (χ2n) is 4.86. The van der Waals surface area contributed by atoms with Gasteiger partial charge >= 0.3 is 6.03 Å². The van der Waals surface area contributed by atoms with Gasteiger partial charge in [0.25, 0.3) is 0 Å². The Morgan fingerprint density at radius 1 is 1.30 bits per heavy atom. The van der Waals surface area contributed by atoms with Gasteiger partial charge in [-0.05, 0) is 37.5 Å². The summed E-state index contributed by atoms with van der Waals surface area (Å²) in [6.45, 7) is 3.48. The second-order valence-corrected chi connectivity index (χ2v) is 5.27. The molecule has 1 fully saturated rings. The average Bonchev–Trinajstić information content (AvgIpc) is 2.94. The summed E-state index contributed by atoms with van der Waals surface area (Å²) in [5, 5.41) is 5.80. The van der Waals surface area contributed by atoms with Crippen LogP contribution in [0, 0.1) is 6.92 Å². The molecule has 1 aliphatic heterocycles. The predicted octanol–water partition coefficient (Wildman–Crippen LogP) is 2.39. The monoisotopic (exact) mass is 295 g/mol. The molecule has 2 N–H and O–H groups in total. The maximum atomic E-state index is 11.8. The van der Waals surface area contributed by atoms with E-state index in [0.29, 0.717) is 10.7 Å². The van der Waals surface area contributed by atoms with Gasteiger partial charge in [-0.3, -0.25) is 4.79 Å². The smallest absolute Gasteiger partial charge is 0.319 e. The van der Waals surface area contributed by atoms with Crippen molar-refractivity contribution in [3.8, 4) is 0 Å². The Labute approximate surface area is 123 Å². The molecular weight excluding hydrogens is 278 g/mol. The lowest BCUT2D eigenvalue weighted by atomic mass is 10.2. The van der Waals surface area contributed by atoms with Crippen LogP contribution in [-0.2, 0) is 4.79 Å². The lowest BCUT2D eigenvalue weighted by Crippen LogP contribution is -2.40. The van der Waals surface area contributed by atoms with Gasteiger partial charge in [-0.1, -0.05) is 17.7 Å². The first-order valence-electron chi connectivity index (χ1n) is 6.65. The van der Waals surface area contributed by atoms with Gasteiger partial charge in [0.2, 0.25) is 5.91 Å². The Morgan fingerprint density at radius 3 is 2.65 bits per heavy atom. The van der Waals surface area contributed by atoms with Crippen molar-refractivity contribution in [2.45, 2.75) is 19.8 Å². The number of anilines is 1. The minimum absolute atomic E-state index is 0.0193. The molecule has 0 bridgehead atoms. The van der Waals surface area contributed by atoms with Gasteiger partial charge in [0, 0.05) is 23.8 Å². The molecule has 0 unspecified atom stereocenters. The third-order valence-electron chi connectivity index (χ3n) is 3.29. The van der Waals surface area contributed by atoms with E-state index in [1.807, 2.05) is 13.0 Å². The number of hydrogen-bond acceptors (Lipinski definition) is 2. The molecule has 1 aromatic rings. The van der Waals surface area contributed by atoms with Crippen molar-refractivity contribution in [2.24, 2.45) is 0 Å². The van der Waals surface area contributed by atoms with Gasteiger partial charge < -0.3 is 15.5 Å². The summed E-state index contributed by atoms with van der Waals surface area (Å²) in [5.41, 5.74) is 1.55. The first-order chi connectivity index (χ1) is 9.56. The van der Waals surface area contributed by atoms with Crippen molar-refractivity contribution in [1.82, 2.24) is 10.2 Å². The van der Waals surface area contributed by atoms with E-state index in [-0.39, 0.29) is 12.5 Å². The maximum absolute atomic E-state index is 11.8. The molecule has 108 valence electrons. The molecule has 0 radical (unpaired) electrons. The number of benzene rings is 1. The lowest BCUT2D eigenvalue weighted by molar-refractivity contribution is -0.128. The van der Waals surface area contributed by atoms with E-state index in [4.69, 9.17) is 11.6 Å². The highest BCUT2D eigenvalue weighted by Crippen LogP contribution is 2.19. The number of amides is 3. The fraction of sp³-hybridized carbons (Fsp3) is 0.429. The summed E-state index contributed by atoms with van der Waals surface area (Å²) < 4.78 is 0. The van der Waals surface area contributed by atoms with E-state index in [1.165, 1.54) is 0 Å². The van der Waals surface area contributed by atoms with Crippen molar-refractivity contribution < 1.29 is 9.59 Å². The maximum Gasteiger partial charge on any atom is 0.319 e. The van der Waals surface area contributed by atoms with Gasteiger partial charge in [0.05, 0.1) is 6.54 Å². The zero-order chi connectivity index (χ0) is 14.5. The van der Waals surface area contributed by atoms with Crippen molar-refractivity contribution in [3.63, 3.8) is 0 Å². The SMILES string of the molecule is Cc1ccc(NC(=O)NCC(=O)N2CCCC2)cc1Cl. The van der Waals surface area contributed by atoms with Crippen LogP contribution in [0.3, 0.4) is 0 Å². The minimum atomic E-state index is -0.405. The van der Waals surface area contributed by atoms with Crippen molar-refractivity contribution in [2.75, 3.05) is 25.0 Å². The number of urea groups is 1. The summed E-state index contributed by atoms with van der Waals surface area (Å²) in [6.07, 6.45) is 2.08. The van der Waals surface area contributed by atoms with Gasteiger partial charge in [0.1, 0.15) is 0 Å². The lowest BCUT2D eigenvalue weighted by Gasteiger charge is -2.15. The van der Waals surface area contributed by atoms with Crippen LogP contribution in [0.25, 0.3) is 0 Å². The van der Waals surface area contributed by atoms with E-state index in [0.717, 1.165) is 31.5 Å². The standard InChI is InChI=1S/C14H18ClN3O2/c1-10-4-5-11(8-12(10)15)17-14(20)16-9-13(19)18-6-2-3-7-18/h4-5,8H,2-3,6-7,9H2,1H3,(H2,16,17,20). The normalized spacial score (nSPS) is 14.2. The number of carbonyl (C=O) groups is 2. The highest BCUT2D eigenvalue weighted by molar-refractivity contribution is 6.31. The van der Waals surface area contributed by atoms with Crippen LogP contribution in [0.1, 0.15) is 18.4 Å². The van der Waals surface area contributed by atoms with Crippen molar-refractivity contribution >= 4 is 29.2 Å². The van der Waals surface area contributed by atoms with Crippen molar-refractivity contribution in [3.05, 3.63) is 28.8 Å². The highest BCUT2D eigenvalue weighted by Gasteiger charge is 2.18. The number of rotatable bonds is 3. The highest BCUT2D eigenvalue weighted by atomic mass is 35.5. The molecule has 2 rings (SSSR count). The first-order valence-corrected chi connectivity index (χ1v) is 7.03. The van der Waals surface area contributed by atoms with E-state index in [9.17, 15) is 9.59 Å². The zero-order valence-electron chi connectivity index (χ0n) is 11.4. The fourth-order valence-corrected chi connectivity index (χ4v) is 2.26. The van der Waals surface area contributed by atoms with Gasteiger partial charge in [-0.25, -0.2) is 4.79 Å². The number of carbonyl (C=O) groups excluding carboxylic acids is 2. The van der Waals surface area contributed by atoms with Crippen molar-refractivity contribution in [1.29, 1.82) is 0 Å². The molecule has 1 aromatic carbocycles. The number of likely N-dealkylation sites (tertiary alicyclic amines) is 1. The number of hydrogen-bond donors (Lipinski definition) is 2. The van der Waals surface area contributed by atoms with Crippen LogP contribution >= 0.6 is 11.6 Å². The summed E-state index contributed by atoms with van der Waals surface area (Å²) in [5.74, 6) is -0.0420. The van der Waals surface area contributed by atoms with E-state index < -0.39 is 6.03 Å². The molecule has 1 heterocycles. The minimum Gasteiger partial charge on any atom is -0.341 e. The van der Waals surface area contributed by atoms with E-state index >= 15 is 0 Å². The van der Waals surface area contributed by atoms with Gasteiger partial charge in [0.15, 0.2) is 0 Å². The zero-order valence-corrected chi connectivity index (χ0v) is 12.2. The molecular formula is C14H18ClN3O2. The summed E-state index contributed by atoms with van der Waals surface area (Å²) in [4.78, 5) is 25.2.